The number of anilines is 1. The summed E-state index contributed by atoms with van der Waals surface area (Å²) in [6.07, 6.45) is -4.59. The fourth-order valence-corrected chi connectivity index (χ4v) is 2.97. The van der Waals surface area contributed by atoms with Crippen molar-refractivity contribution in [2.75, 3.05) is 26.0 Å². The molecule has 1 N–H and O–H groups in total. The fourth-order valence-electron chi connectivity index (χ4n) is 2.75. The number of carbonyl (C=O) groups excluding carboxylic acids is 1. The molecule has 2 aromatic heterocycles. The fraction of sp³-hybridized carbons (Fsp3) is 0.263. The van der Waals surface area contributed by atoms with Gasteiger partial charge in [-0.05, 0) is 24.3 Å². The standard InChI is InChI=1S/C19H17ClF3N5O2/c1-27(2)15(29)9-10-24-16-11-7-8-14(19(21,22)23)25-17(11)28(18(30)26-16)13-6-4-3-5-12(13)20/h3-8H,9-10H2,1-2H3,(H,24,26,30). The predicted molar refractivity (Wildman–Crippen MR) is 107 cm³/mol. The van der Waals surface area contributed by atoms with Crippen molar-refractivity contribution >= 4 is 34.4 Å². The number of fused-ring (bicyclic) bond motifs is 1. The topological polar surface area (TPSA) is 80.1 Å². The van der Waals surface area contributed by atoms with Crippen molar-refractivity contribution < 1.29 is 18.0 Å². The van der Waals surface area contributed by atoms with Gasteiger partial charge in [-0.25, -0.2) is 14.3 Å². The summed E-state index contributed by atoms with van der Waals surface area (Å²) in [6.45, 7) is 0.135. The molecule has 0 fully saturated rings. The molecule has 0 radical (unpaired) electrons. The van der Waals surface area contributed by atoms with Crippen LogP contribution in [0.25, 0.3) is 16.7 Å². The van der Waals surface area contributed by atoms with Gasteiger partial charge in [-0.1, -0.05) is 23.7 Å². The van der Waals surface area contributed by atoms with Crippen molar-refractivity contribution in [2.45, 2.75) is 12.6 Å². The Hall–Kier alpha value is -3.14. The first-order chi connectivity index (χ1) is 14.1. The minimum atomic E-state index is -4.70. The number of hydrogen-bond donors (Lipinski definition) is 1. The quantitative estimate of drug-likeness (QED) is 0.659. The molecule has 0 aliphatic heterocycles. The number of nitrogens with one attached hydrogen (secondary N) is 1. The van der Waals surface area contributed by atoms with E-state index in [1.807, 2.05) is 0 Å². The zero-order valence-corrected chi connectivity index (χ0v) is 16.8. The van der Waals surface area contributed by atoms with Gasteiger partial charge in [0.05, 0.1) is 16.1 Å². The zero-order valence-electron chi connectivity index (χ0n) is 16.0. The van der Waals surface area contributed by atoms with Gasteiger partial charge in [0, 0.05) is 27.1 Å². The van der Waals surface area contributed by atoms with Crippen LogP contribution in [0.2, 0.25) is 5.02 Å². The van der Waals surface area contributed by atoms with Crippen LogP contribution < -0.4 is 11.0 Å². The minimum Gasteiger partial charge on any atom is -0.369 e. The van der Waals surface area contributed by atoms with Crippen LogP contribution in [0.1, 0.15) is 12.1 Å². The second-order valence-electron chi connectivity index (χ2n) is 6.56. The highest BCUT2D eigenvalue weighted by Gasteiger charge is 2.33. The largest absolute Gasteiger partial charge is 0.433 e. The van der Waals surface area contributed by atoms with Gasteiger partial charge in [-0.3, -0.25) is 4.79 Å². The number of amides is 1. The Morgan fingerprint density at radius 2 is 1.87 bits per heavy atom. The Morgan fingerprint density at radius 3 is 2.50 bits per heavy atom. The number of rotatable bonds is 5. The van der Waals surface area contributed by atoms with Crippen LogP contribution in [0.5, 0.6) is 0 Å². The lowest BCUT2D eigenvalue weighted by atomic mass is 10.2. The molecule has 0 saturated heterocycles. The maximum atomic E-state index is 13.2. The molecule has 30 heavy (non-hydrogen) atoms. The summed E-state index contributed by atoms with van der Waals surface area (Å²) in [5, 5.41) is 3.17. The lowest BCUT2D eigenvalue weighted by Gasteiger charge is -2.16. The number of aromatic nitrogens is 3. The van der Waals surface area contributed by atoms with Gasteiger partial charge >= 0.3 is 11.9 Å². The Morgan fingerprint density at radius 1 is 1.17 bits per heavy atom. The molecule has 0 bridgehead atoms. The number of pyridine rings is 1. The first-order valence-corrected chi connectivity index (χ1v) is 9.17. The third-order valence-corrected chi connectivity index (χ3v) is 4.57. The molecule has 0 aliphatic rings. The Balaban J connectivity index is 2.17. The maximum absolute atomic E-state index is 13.2. The van der Waals surface area contributed by atoms with E-state index in [1.165, 1.54) is 23.1 Å². The van der Waals surface area contributed by atoms with Crippen molar-refractivity contribution in [1.82, 2.24) is 19.4 Å². The smallest absolute Gasteiger partial charge is 0.369 e. The average molecular weight is 440 g/mol. The molecule has 0 aliphatic carbocycles. The van der Waals surface area contributed by atoms with Crippen LogP contribution in [0.3, 0.4) is 0 Å². The van der Waals surface area contributed by atoms with Crippen molar-refractivity contribution in [3.63, 3.8) is 0 Å². The minimum absolute atomic E-state index is 0.0334. The molecule has 2 heterocycles. The summed E-state index contributed by atoms with van der Waals surface area (Å²) in [6, 6.07) is 8.19. The van der Waals surface area contributed by atoms with E-state index in [0.29, 0.717) is 0 Å². The highest BCUT2D eigenvalue weighted by molar-refractivity contribution is 6.32. The highest BCUT2D eigenvalue weighted by atomic mass is 35.5. The summed E-state index contributed by atoms with van der Waals surface area (Å²) >= 11 is 6.15. The molecule has 1 amide bonds. The zero-order chi connectivity index (χ0) is 22.1. The van der Waals surface area contributed by atoms with E-state index in [9.17, 15) is 22.8 Å². The lowest BCUT2D eigenvalue weighted by molar-refractivity contribution is -0.141. The third kappa shape index (κ3) is 4.38. The number of carbonyl (C=O) groups is 1. The van der Waals surface area contributed by atoms with E-state index < -0.39 is 17.6 Å². The van der Waals surface area contributed by atoms with Crippen molar-refractivity contribution in [2.24, 2.45) is 0 Å². The second-order valence-corrected chi connectivity index (χ2v) is 6.97. The summed E-state index contributed by atoms with van der Waals surface area (Å²) in [5.74, 6) is -0.125. The van der Waals surface area contributed by atoms with Gasteiger partial charge in [0.25, 0.3) is 0 Å². The van der Waals surface area contributed by atoms with Gasteiger partial charge in [0.1, 0.15) is 11.5 Å². The van der Waals surface area contributed by atoms with Crippen molar-refractivity contribution in [3.05, 3.63) is 57.6 Å². The normalized spacial score (nSPS) is 11.5. The van der Waals surface area contributed by atoms with E-state index in [-0.39, 0.29) is 46.4 Å². The molecule has 0 saturated carbocycles. The van der Waals surface area contributed by atoms with Crippen LogP contribution >= 0.6 is 11.6 Å². The summed E-state index contributed by atoms with van der Waals surface area (Å²) in [5.41, 5.74) is -2.11. The first-order valence-electron chi connectivity index (χ1n) is 8.79. The van der Waals surface area contributed by atoms with E-state index in [0.717, 1.165) is 10.6 Å². The number of nitrogens with zero attached hydrogens (tertiary/aromatic N) is 4. The molecule has 0 atom stereocenters. The SMILES string of the molecule is CN(C)C(=O)CCNc1nc(=O)n(-c2ccccc2Cl)c2nc(C(F)(F)F)ccc12. The number of benzene rings is 1. The van der Waals surface area contributed by atoms with Crippen LogP contribution in [0.15, 0.2) is 41.2 Å². The second kappa shape index (κ2) is 8.31. The van der Waals surface area contributed by atoms with Gasteiger partial charge < -0.3 is 10.2 Å². The first kappa shape index (κ1) is 21.6. The molecule has 1 aromatic carbocycles. The van der Waals surface area contributed by atoms with E-state index in [1.54, 1.807) is 26.2 Å². The Labute approximate surface area is 174 Å². The summed E-state index contributed by atoms with van der Waals surface area (Å²) in [4.78, 5) is 33.5. The van der Waals surface area contributed by atoms with Gasteiger partial charge in [0.15, 0.2) is 5.65 Å². The Kier molecular flexibility index (Phi) is 5.97. The van der Waals surface area contributed by atoms with Crippen LogP contribution in [-0.4, -0.2) is 46.0 Å². The van der Waals surface area contributed by atoms with Crippen LogP contribution in [0, 0.1) is 0 Å². The molecule has 11 heteroatoms. The number of hydrogen-bond acceptors (Lipinski definition) is 5. The maximum Gasteiger partial charge on any atom is 0.433 e. The van der Waals surface area contributed by atoms with Crippen LogP contribution in [0.4, 0.5) is 19.0 Å². The summed E-state index contributed by atoms with van der Waals surface area (Å²) in [7, 11) is 3.20. The van der Waals surface area contributed by atoms with Crippen molar-refractivity contribution in [3.8, 4) is 5.69 Å². The molecular formula is C19H17ClF3N5O2. The molecule has 0 unspecified atom stereocenters. The van der Waals surface area contributed by atoms with E-state index >= 15 is 0 Å². The third-order valence-electron chi connectivity index (χ3n) is 4.25. The highest BCUT2D eigenvalue weighted by Crippen LogP contribution is 2.31. The molecule has 0 spiro atoms. The molecule has 158 valence electrons. The monoisotopic (exact) mass is 439 g/mol. The lowest BCUT2D eigenvalue weighted by Crippen LogP contribution is -2.27. The molecule has 3 aromatic rings. The van der Waals surface area contributed by atoms with Crippen molar-refractivity contribution in [1.29, 1.82) is 0 Å². The van der Waals surface area contributed by atoms with E-state index in [4.69, 9.17) is 11.6 Å². The van der Waals surface area contributed by atoms with Gasteiger partial charge in [0.2, 0.25) is 5.91 Å². The molecular weight excluding hydrogens is 423 g/mol. The van der Waals surface area contributed by atoms with Gasteiger partial charge in [-0.2, -0.15) is 18.2 Å². The predicted octanol–water partition coefficient (Wildman–Crippen LogP) is 3.34. The molecule has 7 nitrogen and oxygen atoms in total. The van der Waals surface area contributed by atoms with Crippen LogP contribution in [-0.2, 0) is 11.0 Å². The van der Waals surface area contributed by atoms with Gasteiger partial charge in [-0.15, -0.1) is 0 Å². The average Bonchev–Trinajstić information content (AvgIpc) is 2.67. The number of halogens is 4. The number of para-hydroxylation sites is 1. The number of alkyl halides is 3. The Bertz CT molecular complexity index is 1160. The van der Waals surface area contributed by atoms with E-state index in [2.05, 4.69) is 15.3 Å². The summed E-state index contributed by atoms with van der Waals surface area (Å²) < 4.78 is 40.7. The molecule has 3 rings (SSSR count).